The van der Waals surface area contributed by atoms with Crippen LogP contribution in [0.5, 0.6) is 5.75 Å². The molecule has 7 heteroatoms. The quantitative estimate of drug-likeness (QED) is 0.843. The van der Waals surface area contributed by atoms with Gasteiger partial charge in [-0.1, -0.05) is 18.2 Å². The van der Waals surface area contributed by atoms with Crippen molar-refractivity contribution in [3.8, 4) is 5.75 Å². The molecule has 1 amide bonds. The number of amides is 1. The molecule has 110 valence electrons. The second-order valence-electron chi connectivity index (χ2n) is 4.77. The van der Waals surface area contributed by atoms with E-state index >= 15 is 0 Å². The van der Waals surface area contributed by atoms with Crippen LogP contribution in [0.2, 0.25) is 0 Å². The largest absolute Gasteiger partial charge is 0.489 e. The van der Waals surface area contributed by atoms with Crippen molar-refractivity contribution < 1.29 is 17.9 Å². The van der Waals surface area contributed by atoms with E-state index in [1.807, 2.05) is 30.3 Å². The summed E-state index contributed by atoms with van der Waals surface area (Å²) in [5.74, 6) is 0.552. The topological polar surface area (TPSA) is 75.7 Å². The van der Waals surface area contributed by atoms with Gasteiger partial charge in [-0.2, -0.15) is 0 Å². The van der Waals surface area contributed by atoms with Crippen LogP contribution < -0.4 is 9.46 Å². The van der Waals surface area contributed by atoms with Crippen molar-refractivity contribution in [1.29, 1.82) is 0 Å². The van der Waals surface area contributed by atoms with E-state index in [9.17, 15) is 13.2 Å². The summed E-state index contributed by atoms with van der Waals surface area (Å²) >= 11 is 0. The van der Waals surface area contributed by atoms with Gasteiger partial charge in [0.2, 0.25) is 15.9 Å². The molecule has 1 N–H and O–H groups in total. The third-order valence-electron chi connectivity index (χ3n) is 3.03. The minimum atomic E-state index is -3.34. The van der Waals surface area contributed by atoms with Gasteiger partial charge in [-0.05, 0) is 12.1 Å². The molecular weight excluding hydrogens is 280 g/mol. The summed E-state index contributed by atoms with van der Waals surface area (Å²) in [5, 5.41) is 0. The Kier molecular flexibility index (Phi) is 4.61. The predicted octanol–water partition coefficient (Wildman–Crippen LogP) is 0.215. The Labute approximate surface area is 118 Å². The number of carbonyl (C=O) groups is 1. The second-order valence-corrected chi connectivity index (χ2v) is 6.61. The van der Waals surface area contributed by atoms with Gasteiger partial charge in [0, 0.05) is 13.0 Å². The molecule has 1 fully saturated rings. The highest BCUT2D eigenvalue weighted by Crippen LogP contribution is 2.17. The number of sulfonamides is 1. The Balaban J connectivity index is 1.81. The standard InChI is InChI=1S/C13H18N2O4S/c1-20(17,18)14-9-13(16)15-8-7-12(10-15)19-11-5-3-2-4-6-11/h2-6,12,14H,7-10H2,1H3/t12-/m0/s1. The zero-order chi connectivity index (χ0) is 14.6. The highest BCUT2D eigenvalue weighted by Gasteiger charge is 2.27. The molecule has 1 aromatic carbocycles. The lowest BCUT2D eigenvalue weighted by Gasteiger charge is -2.17. The summed E-state index contributed by atoms with van der Waals surface area (Å²) < 4.78 is 29.9. The van der Waals surface area contributed by atoms with Gasteiger partial charge >= 0.3 is 0 Å². The van der Waals surface area contributed by atoms with Crippen molar-refractivity contribution in [3.05, 3.63) is 30.3 Å². The number of nitrogens with zero attached hydrogens (tertiary/aromatic N) is 1. The van der Waals surface area contributed by atoms with Gasteiger partial charge < -0.3 is 9.64 Å². The van der Waals surface area contributed by atoms with Crippen molar-refractivity contribution in [1.82, 2.24) is 9.62 Å². The van der Waals surface area contributed by atoms with E-state index in [-0.39, 0.29) is 18.6 Å². The summed E-state index contributed by atoms with van der Waals surface area (Å²) in [6, 6.07) is 9.44. The predicted molar refractivity (Wildman–Crippen MR) is 74.9 cm³/mol. The number of carbonyl (C=O) groups excluding carboxylic acids is 1. The van der Waals surface area contributed by atoms with Gasteiger partial charge in [0.15, 0.2) is 0 Å². The molecule has 1 aromatic rings. The summed E-state index contributed by atoms with van der Waals surface area (Å²) in [7, 11) is -3.34. The smallest absolute Gasteiger partial charge is 0.237 e. The van der Waals surface area contributed by atoms with Crippen LogP contribution >= 0.6 is 0 Å². The fourth-order valence-electron chi connectivity index (χ4n) is 2.05. The van der Waals surface area contributed by atoms with Crippen molar-refractivity contribution in [2.24, 2.45) is 0 Å². The molecule has 1 atom stereocenters. The normalized spacial score (nSPS) is 19.1. The van der Waals surface area contributed by atoms with Gasteiger partial charge in [0.1, 0.15) is 11.9 Å². The van der Waals surface area contributed by atoms with Crippen LogP contribution in [-0.4, -0.2) is 51.2 Å². The summed E-state index contributed by atoms with van der Waals surface area (Å²) in [5.41, 5.74) is 0. The fraction of sp³-hybridized carbons (Fsp3) is 0.462. The van der Waals surface area contributed by atoms with E-state index in [0.29, 0.717) is 13.1 Å². The summed E-state index contributed by atoms with van der Waals surface area (Å²) in [6.07, 6.45) is 1.74. The first-order chi connectivity index (χ1) is 9.44. The molecule has 1 aliphatic heterocycles. The summed E-state index contributed by atoms with van der Waals surface area (Å²) in [6.45, 7) is 0.873. The van der Waals surface area contributed by atoms with Crippen molar-refractivity contribution in [2.75, 3.05) is 25.9 Å². The molecule has 1 heterocycles. The Bertz CT molecular complexity index is 559. The Morgan fingerprint density at radius 2 is 2.10 bits per heavy atom. The lowest BCUT2D eigenvalue weighted by molar-refractivity contribution is -0.129. The first-order valence-electron chi connectivity index (χ1n) is 6.38. The molecule has 1 saturated heterocycles. The molecule has 0 bridgehead atoms. The van der Waals surface area contributed by atoms with E-state index in [2.05, 4.69) is 4.72 Å². The molecule has 0 spiro atoms. The molecule has 6 nitrogen and oxygen atoms in total. The first-order valence-corrected chi connectivity index (χ1v) is 8.27. The van der Waals surface area contributed by atoms with Gasteiger partial charge in [-0.3, -0.25) is 4.79 Å². The molecule has 0 aliphatic carbocycles. The molecule has 20 heavy (non-hydrogen) atoms. The zero-order valence-electron chi connectivity index (χ0n) is 11.3. The molecule has 0 unspecified atom stereocenters. The molecule has 0 aromatic heterocycles. The minimum absolute atomic E-state index is 0.0421. The van der Waals surface area contributed by atoms with Crippen LogP contribution in [-0.2, 0) is 14.8 Å². The number of para-hydroxylation sites is 1. The Morgan fingerprint density at radius 1 is 1.40 bits per heavy atom. The van der Waals surface area contributed by atoms with Crippen LogP contribution in [0, 0.1) is 0 Å². The van der Waals surface area contributed by atoms with Gasteiger partial charge in [-0.25, -0.2) is 13.1 Å². The molecule has 2 rings (SSSR count). The average Bonchev–Trinajstić information content (AvgIpc) is 2.85. The van der Waals surface area contributed by atoms with Crippen LogP contribution in [0.25, 0.3) is 0 Å². The number of likely N-dealkylation sites (tertiary alicyclic amines) is 1. The lowest BCUT2D eigenvalue weighted by Crippen LogP contribution is -2.39. The van der Waals surface area contributed by atoms with Crippen LogP contribution in [0.1, 0.15) is 6.42 Å². The van der Waals surface area contributed by atoms with E-state index in [0.717, 1.165) is 18.4 Å². The van der Waals surface area contributed by atoms with E-state index < -0.39 is 10.0 Å². The van der Waals surface area contributed by atoms with E-state index in [1.54, 1.807) is 4.90 Å². The van der Waals surface area contributed by atoms with E-state index in [1.165, 1.54) is 0 Å². The van der Waals surface area contributed by atoms with Gasteiger partial charge in [-0.15, -0.1) is 0 Å². The van der Waals surface area contributed by atoms with Gasteiger partial charge in [0.05, 0.1) is 19.3 Å². The van der Waals surface area contributed by atoms with Crippen molar-refractivity contribution in [2.45, 2.75) is 12.5 Å². The SMILES string of the molecule is CS(=O)(=O)NCC(=O)N1CC[C@H](Oc2ccccc2)C1. The molecular formula is C13H18N2O4S. The zero-order valence-corrected chi connectivity index (χ0v) is 12.1. The van der Waals surface area contributed by atoms with E-state index in [4.69, 9.17) is 4.74 Å². The lowest BCUT2D eigenvalue weighted by atomic mass is 10.3. The maximum absolute atomic E-state index is 11.8. The van der Waals surface area contributed by atoms with Crippen LogP contribution in [0.3, 0.4) is 0 Å². The van der Waals surface area contributed by atoms with Gasteiger partial charge in [0.25, 0.3) is 0 Å². The summed E-state index contributed by atoms with van der Waals surface area (Å²) in [4.78, 5) is 13.5. The van der Waals surface area contributed by atoms with Crippen molar-refractivity contribution >= 4 is 15.9 Å². The number of hydrogen-bond donors (Lipinski definition) is 1. The molecule has 0 radical (unpaired) electrons. The third kappa shape index (κ3) is 4.50. The number of ether oxygens (including phenoxy) is 1. The average molecular weight is 298 g/mol. The molecule has 0 saturated carbocycles. The fourth-order valence-corrected chi connectivity index (χ4v) is 2.43. The maximum Gasteiger partial charge on any atom is 0.237 e. The number of rotatable bonds is 5. The number of benzene rings is 1. The second kappa shape index (κ2) is 6.23. The van der Waals surface area contributed by atoms with Crippen LogP contribution in [0.4, 0.5) is 0 Å². The minimum Gasteiger partial charge on any atom is -0.489 e. The maximum atomic E-state index is 11.8. The van der Waals surface area contributed by atoms with Crippen LogP contribution in [0.15, 0.2) is 30.3 Å². The first kappa shape index (κ1) is 14.8. The third-order valence-corrected chi connectivity index (χ3v) is 3.70. The highest BCUT2D eigenvalue weighted by atomic mass is 32.2. The number of hydrogen-bond acceptors (Lipinski definition) is 4. The monoisotopic (exact) mass is 298 g/mol. The number of nitrogens with one attached hydrogen (secondary N) is 1. The highest BCUT2D eigenvalue weighted by molar-refractivity contribution is 7.88. The Morgan fingerprint density at radius 3 is 2.75 bits per heavy atom. The molecule has 1 aliphatic rings. The Hall–Kier alpha value is -1.60. The van der Waals surface area contributed by atoms with Crippen molar-refractivity contribution in [3.63, 3.8) is 0 Å².